The maximum atomic E-state index is 12.1. The summed E-state index contributed by atoms with van der Waals surface area (Å²) in [6.45, 7) is 2.14. The molecule has 0 aliphatic rings. The van der Waals surface area contributed by atoms with Gasteiger partial charge in [0.2, 0.25) is 0 Å². The predicted octanol–water partition coefficient (Wildman–Crippen LogP) is 1.96. The summed E-state index contributed by atoms with van der Waals surface area (Å²) in [5.41, 5.74) is 0.428. The zero-order valence-electron chi connectivity index (χ0n) is 13.5. The molecule has 0 aliphatic heterocycles. The van der Waals surface area contributed by atoms with E-state index in [9.17, 15) is 14.4 Å². The number of ether oxygens (including phenoxy) is 1. The molecule has 0 saturated heterocycles. The van der Waals surface area contributed by atoms with Crippen LogP contribution in [0.5, 0.6) is 5.75 Å². The van der Waals surface area contributed by atoms with E-state index in [0.717, 1.165) is 12.0 Å². The number of nitrogens with one attached hydrogen (secondary N) is 1. The highest BCUT2D eigenvalue weighted by atomic mass is 16.5. The van der Waals surface area contributed by atoms with Gasteiger partial charge in [-0.2, -0.15) is 0 Å². The number of aliphatic carboxylic acids is 1. The molecule has 1 heterocycles. The first kappa shape index (κ1) is 17.5. The molecular weight excluding hydrogens is 314 g/mol. The maximum Gasteiger partial charge on any atom is 0.349 e. The molecule has 0 fully saturated rings. The minimum atomic E-state index is -0.935. The van der Waals surface area contributed by atoms with Gasteiger partial charge in [-0.3, -0.25) is 9.59 Å². The average Bonchev–Trinajstić information content (AvgIpc) is 2.56. The third-order valence-electron chi connectivity index (χ3n) is 3.61. The van der Waals surface area contributed by atoms with Crippen molar-refractivity contribution in [2.24, 2.45) is 0 Å². The van der Waals surface area contributed by atoms with Crippen LogP contribution in [-0.4, -0.2) is 30.6 Å². The Hall–Kier alpha value is -2.83. The van der Waals surface area contributed by atoms with Crippen LogP contribution >= 0.6 is 0 Å². The van der Waals surface area contributed by atoms with Crippen LogP contribution in [0.4, 0.5) is 0 Å². The van der Waals surface area contributed by atoms with Crippen LogP contribution in [0.3, 0.4) is 0 Å². The van der Waals surface area contributed by atoms with Gasteiger partial charge in [0.05, 0.1) is 7.11 Å². The third-order valence-corrected chi connectivity index (χ3v) is 3.61. The molecule has 0 bridgehead atoms. The van der Waals surface area contributed by atoms with E-state index in [1.165, 1.54) is 13.2 Å². The first-order chi connectivity index (χ1) is 11.5. The number of carboxylic acid groups (broad SMARTS) is 1. The highest BCUT2D eigenvalue weighted by Crippen LogP contribution is 2.26. The van der Waals surface area contributed by atoms with E-state index < -0.39 is 17.5 Å². The number of hydrogen-bond donors (Lipinski definition) is 2. The molecule has 2 rings (SSSR count). The largest absolute Gasteiger partial charge is 0.496 e. The summed E-state index contributed by atoms with van der Waals surface area (Å²) in [6.07, 6.45) is 0.971. The molecule has 128 valence electrons. The number of carbonyl (C=O) groups is 2. The molecule has 2 N–H and O–H groups in total. The van der Waals surface area contributed by atoms with Crippen molar-refractivity contribution in [3.05, 3.63) is 39.7 Å². The lowest BCUT2D eigenvalue weighted by molar-refractivity contribution is -0.137. The fourth-order valence-corrected chi connectivity index (χ4v) is 2.36. The molecule has 7 heteroatoms. The van der Waals surface area contributed by atoms with Gasteiger partial charge >= 0.3 is 11.6 Å². The van der Waals surface area contributed by atoms with Crippen LogP contribution in [-0.2, 0) is 11.2 Å². The molecule has 0 spiro atoms. The molecule has 2 aromatic rings. The maximum absolute atomic E-state index is 12.1. The Morgan fingerprint density at radius 1 is 1.29 bits per heavy atom. The molecule has 7 nitrogen and oxygen atoms in total. The van der Waals surface area contributed by atoms with Crippen LogP contribution in [0, 0.1) is 0 Å². The highest BCUT2D eigenvalue weighted by molar-refractivity contribution is 5.96. The molecule has 1 aromatic carbocycles. The topological polar surface area (TPSA) is 106 Å². The SMILES string of the molecule is CCc1cc2cc(C(=O)NCCCC(=O)O)c(=O)oc2cc1OC. The molecule has 0 atom stereocenters. The lowest BCUT2D eigenvalue weighted by Crippen LogP contribution is -2.29. The van der Waals surface area contributed by atoms with Crippen LogP contribution in [0.15, 0.2) is 27.4 Å². The lowest BCUT2D eigenvalue weighted by Gasteiger charge is -2.09. The van der Waals surface area contributed by atoms with Crippen molar-refractivity contribution in [1.82, 2.24) is 5.32 Å². The average molecular weight is 333 g/mol. The number of carbonyl (C=O) groups excluding carboxylic acids is 1. The molecule has 1 amide bonds. The van der Waals surface area contributed by atoms with Gasteiger partial charge in [0.15, 0.2) is 0 Å². The molecular formula is C17H19NO6. The van der Waals surface area contributed by atoms with Crippen molar-refractivity contribution in [2.75, 3.05) is 13.7 Å². The molecule has 0 saturated carbocycles. The fourth-order valence-electron chi connectivity index (χ4n) is 2.36. The van der Waals surface area contributed by atoms with E-state index in [1.807, 2.05) is 13.0 Å². The molecule has 0 aliphatic carbocycles. The second-order valence-electron chi connectivity index (χ2n) is 5.26. The number of rotatable bonds is 7. The zero-order valence-corrected chi connectivity index (χ0v) is 13.5. The van der Waals surface area contributed by atoms with E-state index in [-0.39, 0.29) is 24.9 Å². The number of hydrogen-bond acceptors (Lipinski definition) is 5. The smallest absolute Gasteiger partial charge is 0.349 e. The monoisotopic (exact) mass is 333 g/mol. The third kappa shape index (κ3) is 3.92. The number of carboxylic acids is 1. The number of fused-ring (bicyclic) bond motifs is 1. The zero-order chi connectivity index (χ0) is 17.7. The Kier molecular flexibility index (Phi) is 5.57. The van der Waals surface area contributed by atoms with Gasteiger partial charge in [0, 0.05) is 24.4 Å². The predicted molar refractivity (Wildman–Crippen MR) is 87.6 cm³/mol. The normalized spacial score (nSPS) is 10.6. The summed E-state index contributed by atoms with van der Waals surface area (Å²) < 4.78 is 10.5. The van der Waals surface area contributed by atoms with Crippen molar-refractivity contribution >= 4 is 22.8 Å². The second-order valence-corrected chi connectivity index (χ2v) is 5.26. The van der Waals surface area contributed by atoms with E-state index in [4.69, 9.17) is 14.3 Å². The molecule has 1 aromatic heterocycles. The Balaban J connectivity index is 2.27. The summed E-state index contributed by atoms with van der Waals surface area (Å²) >= 11 is 0. The Bertz CT molecular complexity index is 824. The Morgan fingerprint density at radius 2 is 2.04 bits per heavy atom. The first-order valence-corrected chi connectivity index (χ1v) is 7.61. The van der Waals surface area contributed by atoms with Crippen LogP contribution in [0.25, 0.3) is 11.0 Å². The van der Waals surface area contributed by atoms with E-state index >= 15 is 0 Å². The van der Waals surface area contributed by atoms with Crippen LogP contribution in [0.1, 0.15) is 35.7 Å². The fraction of sp³-hybridized carbons (Fsp3) is 0.353. The van der Waals surface area contributed by atoms with Crippen LogP contribution < -0.4 is 15.7 Å². The van der Waals surface area contributed by atoms with Crippen molar-refractivity contribution in [2.45, 2.75) is 26.2 Å². The summed E-state index contributed by atoms with van der Waals surface area (Å²) in [5.74, 6) is -0.889. The molecule has 24 heavy (non-hydrogen) atoms. The minimum Gasteiger partial charge on any atom is -0.496 e. The van der Waals surface area contributed by atoms with Gasteiger partial charge < -0.3 is 19.6 Å². The number of benzene rings is 1. The van der Waals surface area contributed by atoms with E-state index in [0.29, 0.717) is 16.7 Å². The second kappa shape index (κ2) is 7.63. The highest BCUT2D eigenvalue weighted by Gasteiger charge is 2.15. The van der Waals surface area contributed by atoms with Gasteiger partial charge in [-0.25, -0.2) is 4.79 Å². The first-order valence-electron chi connectivity index (χ1n) is 7.61. The standard InChI is InChI=1S/C17H19NO6/c1-3-10-7-11-8-12(16(21)18-6-4-5-15(19)20)17(22)24-14(11)9-13(10)23-2/h7-9H,3-6H2,1-2H3,(H,18,21)(H,19,20). The van der Waals surface area contributed by atoms with Crippen LogP contribution in [0.2, 0.25) is 0 Å². The molecule has 0 unspecified atom stereocenters. The van der Waals surface area contributed by atoms with Crippen molar-refractivity contribution in [3.63, 3.8) is 0 Å². The molecule has 0 radical (unpaired) electrons. The van der Waals surface area contributed by atoms with E-state index in [1.54, 1.807) is 6.07 Å². The number of aryl methyl sites for hydroxylation is 1. The van der Waals surface area contributed by atoms with Crippen molar-refractivity contribution in [3.8, 4) is 5.75 Å². The van der Waals surface area contributed by atoms with Crippen molar-refractivity contribution in [1.29, 1.82) is 0 Å². The van der Waals surface area contributed by atoms with E-state index in [2.05, 4.69) is 5.32 Å². The Labute approximate surface area is 138 Å². The summed E-state index contributed by atoms with van der Waals surface area (Å²) in [5, 5.41) is 11.7. The lowest BCUT2D eigenvalue weighted by atomic mass is 10.1. The van der Waals surface area contributed by atoms with Crippen molar-refractivity contribution < 1.29 is 23.8 Å². The quantitative estimate of drug-likeness (QED) is 0.593. The summed E-state index contributed by atoms with van der Waals surface area (Å²) in [7, 11) is 1.54. The van der Waals surface area contributed by atoms with Gasteiger partial charge in [0.25, 0.3) is 5.91 Å². The van der Waals surface area contributed by atoms with Gasteiger partial charge in [-0.15, -0.1) is 0 Å². The Morgan fingerprint density at radius 3 is 2.67 bits per heavy atom. The summed E-state index contributed by atoms with van der Waals surface area (Å²) in [4.78, 5) is 34.5. The van der Waals surface area contributed by atoms with Gasteiger partial charge in [-0.1, -0.05) is 6.92 Å². The minimum absolute atomic E-state index is 0.0493. The summed E-state index contributed by atoms with van der Waals surface area (Å²) in [6, 6.07) is 4.93. The number of amides is 1. The van der Waals surface area contributed by atoms with Gasteiger partial charge in [0.1, 0.15) is 16.9 Å². The number of methoxy groups -OCH3 is 1. The van der Waals surface area contributed by atoms with Gasteiger partial charge in [-0.05, 0) is 30.5 Å².